The quantitative estimate of drug-likeness (QED) is 0.810. The minimum Gasteiger partial charge on any atom is -0.493 e. The molecule has 0 aliphatic carbocycles. The Morgan fingerprint density at radius 1 is 1.19 bits per heavy atom. The predicted octanol–water partition coefficient (Wildman–Crippen LogP) is 4.21. The highest BCUT2D eigenvalue weighted by atomic mass is 16.5. The van der Waals surface area contributed by atoms with E-state index >= 15 is 0 Å². The Balaban J connectivity index is 1.50. The summed E-state index contributed by atoms with van der Waals surface area (Å²) in [6.07, 6.45) is 4.42. The summed E-state index contributed by atoms with van der Waals surface area (Å²) in [6, 6.07) is 11.8. The molecule has 1 N–H and O–H groups in total. The van der Waals surface area contributed by atoms with Gasteiger partial charge in [-0.2, -0.15) is 0 Å². The van der Waals surface area contributed by atoms with Crippen molar-refractivity contribution in [3.63, 3.8) is 0 Å². The van der Waals surface area contributed by atoms with Crippen molar-refractivity contribution in [2.45, 2.75) is 39.0 Å². The minimum absolute atomic E-state index is 0.0581. The summed E-state index contributed by atoms with van der Waals surface area (Å²) in [6.45, 7) is 6.67. The van der Waals surface area contributed by atoms with E-state index in [0.29, 0.717) is 18.9 Å². The first-order chi connectivity index (χ1) is 12.6. The molecular weight excluding hydrogens is 326 g/mol. The first-order valence-corrected chi connectivity index (χ1v) is 9.36. The molecule has 0 radical (unpaired) electrons. The summed E-state index contributed by atoms with van der Waals surface area (Å²) in [5, 5.41) is 2.97. The summed E-state index contributed by atoms with van der Waals surface area (Å²) >= 11 is 0. The third-order valence-corrected chi connectivity index (χ3v) is 4.61. The number of rotatable bonds is 7. The summed E-state index contributed by atoms with van der Waals surface area (Å²) in [7, 11) is 0. The fraction of sp³-hybridized carbons (Fsp3) is 0.429. The normalized spacial score (nSPS) is 13.9. The van der Waals surface area contributed by atoms with E-state index < -0.39 is 0 Å². The lowest BCUT2D eigenvalue weighted by atomic mass is 10.0. The minimum atomic E-state index is -0.0581. The van der Waals surface area contributed by atoms with E-state index in [9.17, 15) is 4.79 Å². The van der Waals surface area contributed by atoms with Crippen LogP contribution >= 0.6 is 0 Å². The zero-order valence-corrected chi connectivity index (χ0v) is 15.6. The van der Waals surface area contributed by atoms with Gasteiger partial charge >= 0.3 is 0 Å². The maximum absolute atomic E-state index is 12.3. The predicted molar refractivity (Wildman–Crippen MR) is 105 cm³/mol. The zero-order chi connectivity index (χ0) is 18.4. The van der Waals surface area contributed by atoms with E-state index in [2.05, 4.69) is 41.2 Å². The number of carbonyl (C=O) groups excluding carboxylic acids is 1. The van der Waals surface area contributed by atoms with Gasteiger partial charge in [-0.25, -0.2) is 4.98 Å². The fourth-order valence-electron chi connectivity index (χ4n) is 3.10. The van der Waals surface area contributed by atoms with Crippen molar-refractivity contribution in [3.8, 4) is 5.75 Å². The van der Waals surface area contributed by atoms with Gasteiger partial charge in [-0.1, -0.05) is 26.0 Å². The van der Waals surface area contributed by atoms with Gasteiger partial charge in [0.15, 0.2) is 5.82 Å². The first-order valence-electron chi connectivity index (χ1n) is 9.36. The Morgan fingerprint density at radius 2 is 1.92 bits per heavy atom. The number of benzene rings is 1. The molecule has 0 saturated carbocycles. The lowest BCUT2D eigenvalue weighted by Gasteiger charge is -2.20. The van der Waals surface area contributed by atoms with Crippen molar-refractivity contribution in [1.29, 1.82) is 0 Å². The SMILES string of the molecule is CC(C)c1ccc(OCCC(=O)Nc2cccnc2N2CCCC2)cc1. The highest BCUT2D eigenvalue weighted by molar-refractivity contribution is 5.93. The molecule has 5 nitrogen and oxygen atoms in total. The molecule has 1 fully saturated rings. The number of pyridine rings is 1. The van der Waals surface area contributed by atoms with Crippen molar-refractivity contribution >= 4 is 17.4 Å². The molecule has 1 saturated heterocycles. The number of aromatic nitrogens is 1. The third kappa shape index (κ3) is 4.75. The Bertz CT molecular complexity index is 722. The zero-order valence-electron chi connectivity index (χ0n) is 15.6. The van der Waals surface area contributed by atoms with Gasteiger partial charge in [0.1, 0.15) is 5.75 Å². The van der Waals surface area contributed by atoms with Crippen LogP contribution in [-0.4, -0.2) is 30.6 Å². The molecule has 3 rings (SSSR count). The molecule has 2 heterocycles. The average Bonchev–Trinajstić information content (AvgIpc) is 3.17. The lowest BCUT2D eigenvalue weighted by Crippen LogP contribution is -2.22. The number of anilines is 2. The monoisotopic (exact) mass is 353 g/mol. The van der Waals surface area contributed by atoms with Gasteiger partial charge in [0, 0.05) is 19.3 Å². The van der Waals surface area contributed by atoms with Crippen molar-refractivity contribution in [2.24, 2.45) is 0 Å². The second kappa shape index (κ2) is 8.70. The molecule has 26 heavy (non-hydrogen) atoms. The molecule has 1 aromatic heterocycles. The van der Waals surface area contributed by atoms with Crippen molar-refractivity contribution < 1.29 is 9.53 Å². The van der Waals surface area contributed by atoms with Crippen LogP contribution in [0.1, 0.15) is 44.6 Å². The van der Waals surface area contributed by atoms with Crippen molar-refractivity contribution in [3.05, 3.63) is 48.2 Å². The number of hydrogen-bond acceptors (Lipinski definition) is 4. The van der Waals surface area contributed by atoms with Crippen LogP contribution in [0.15, 0.2) is 42.6 Å². The van der Waals surface area contributed by atoms with Crippen LogP contribution in [0, 0.1) is 0 Å². The van der Waals surface area contributed by atoms with E-state index in [0.717, 1.165) is 30.3 Å². The second-order valence-electron chi connectivity index (χ2n) is 6.94. The van der Waals surface area contributed by atoms with Gasteiger partial charge < -0.3 is 15.0 Å². The molecule has 0 bridgehead atoms. The number of amides is 1. The Hall–Kier alpha value is -2.56. The number of ether oxygens (including phenoxy) is 1. The molecular formula is C21H27N3O2. The largest absolute Gasteiger partial charge is 0.493 e. The van der Waals surface area contributed by atoms with Crippen molar-refractivity contribution in [2.75, 3.05) is 29.9 Å². The summed E-state index contributed by atoms with van der Waals surface area (Å²) < 4.78 is 5.69. The third-order valence-electron chi connectivity index (χ3n) is 4.61. The Kier molecular flexibility index (Phi) is 6.10. The van der Waals surface area contributed by atoms with Crippen LogP contribution in [0.3, 0.4) is 0 Å². The van der Waals surface area contributed by atoms with Gasteiger partial charge in [0.25, 0.3) is 0 Å². The molecule has 0 spiro atoms. The molecule has 0 unspecified atom stereocenters. The molecule has 2 aromatic rings. The van der Waals surface area contributed by atoms with Gasteiger partial charge in [0.2, 0.25) is 5.91 Å². The summed E-state index contributed by atoms with van der Waals surface area (Å²) in [5.41, 5.74) is 2.06. The van der Waals surface area contributed by atoms with Crippen LogP contribution in [0.5, 0.6) is 5.75 Å². The molecule has 5 heteroatoms. The smallest absolute Gasteiger partial charge is 0.227 e. The van der Waals surface area contributed by atoms with Crippen LogP contribution in [-0.2, 0) is 4.79 Å². The number of nitrogens with zero attached hydrogens (tertiary/aromatic N) is 2. The van der Waals surface area contributed by atoms with Crippen LogP contribution in [0.25, 0.3) is 0 Å². The number of carbonyl (C=O) groups is 1. The Labute approximate surface area is 155 Å². The van der Waals surface area contributed by atoms with Gasteiger partial charge in [0.05, 0.1) is 18.7 Å². The number of hydrogen-bond donors (Lipinski definition) is 1. The summed E-state index contributed by atoms with van der Waals surface area (Å²) in [5.74, 6) is 2.10. The molecule has 1 aliphatic rings. The Morgan fingerprint density at radius 3 is 2.62 bits per heavy atom. The van der Waals surface area contributed by atoms with E-state index in [1.165, 1.54) is 18.4 Å². The van der Waals surface area contributed by atoms with Crippen LogP contribution in [0.4, 0.5) is 11.5 Å². The average molecular weight is 353 g/mol. The van der Waals surface area contributed by atoms with E-state index in [1.807, 2.05) is 24.3 Å². The van der Waals surface area contributed by atoms with Crippen LogP contribution < -0.4 is 15.0 Å². The number of nitrogens with one attached hydrogen (secondary N) is 1. The molecule has 138 valence electrons. The van der Waals surface area contributed by atoms with Crippen LogP contribution in [0.2, 0.25) is 0 Å². The lowest BCUT2D eigenvalue weighted by molar-refractivity contribution is -0.116. The second-order valence-corrected chi connectivity index (χ2v) is 6.94. The van der Waals surface area contributed by atoms with E-state index in [4.69, 9.17) is 4.74 Å². The fourth-order valence-corrected chi connectivity index (χ4v) is 3.10. The molecule has 1 amide bonds. The van der Waals surface area contributed by atoms with Crippen molar-refractivity contribution in [1.82, 2.24) is 4.98 Å². The first kappa shape index (κ1) is 18.2. The van der Waals surface area contributed by atoms with E-state index in [1.54, 1.807) is 6.20 Å². The van der Waals surface area contributed by atoms with E-state index in [-0.39, 0.29) is 5.91 Å². The molecule has 0 atom stereocenters. The highest BCUT2D eigenvalue weighted by Gasteiger charge is 2.17. The topological polar surface area (TPSA) is 54.5 Å². The highest BCUT2D eigenvalue weighted by Crippen LogP contribution is 2.26. The van der Waals surface area contributed by atoms with Gasteiger partial charge in [-0.05, 0) is 48.6 Å². The summed E-state index contributed by atoms with van der Waals surface area (Å²) in [4.78, 5) is 18.9. The maximum Gasteiger partial charge on any atom is 0.227 e. The molecule has 1 aromatic carbocycles. The van der Waals surface area contributed by atoms with Gasteiger partial charge in [-0.15, -0.1) is 0 Å². The molecule has 1 aliphatic heterocycles. The maximum atomic E-state index is 12.3. The standard InChI is InChI=1S/C21H27N3O2/c1-16(2)17-7-9-18(10-8-17)26-15-11-20(25)23-19-6-5-12-22-21(19)24-13-3-4-14-24/h5-10,12,16H,3-4,11,13-15H2,1-2H3,(H,23,25). The van der Waals surface area contributed by atoms with Gasteiger partial charge in [-0.3, -0.25) is 4.79 Å².